The third-order valence-corrected chi connectivity index (χ3v) is 7.31. The number of rotatable bonds is 6. The highest BCUT2D eigenvalue weighted by molar-refractivity contribution is 9.10. The third kappa shape index (κ3) is 5.48. The second-order valence-corrected chi connectivity index (χ2v) is 9.72. The van der Waals surface area contributed by atoms with Gasteiger partial charge in [0.2, 0.25) is 6.10 Å². The van der Waals surface area contributed by atoms with Gasteiger partial charge < -0.3 is 10.1 Å². The van der Waals surface area contributed by atoms with Gasteiger partial charge in [-0.3, -0.25) is 14.9 Å². The SMILES string of the molecule is O=C(OC(C(=O)Nc1ccc([N+](=O)[O-])cc1Br)c1ccccc1)c1cc2c(s1)CCCCC2. The summed E-state index contributed by atoms with van der Waals surface area (Å²) in [7, 11) is 0. The summed E-state index contributed by atoms with van der Waals surface area (Å²) >= 11 is 4.69. The van der Waals surface area contributed by atoms with Crippen molar-refractivity contribution in [1.29, 1.82) is 0 Å². The van der Waals surface area contributed by atoms with E-state index in [1.807, 2.05) is 12.1 Å². The molecule has 33 heavy (non-hydrogen) atoms. The number of nitro groups is 1. The number of aryl methyl sites for hydroxylation is 2. The first-order valence-electron chi connectivity index (χ1n) is 10.5. The minimum absolute atomic E-state index is 0.108. The van der Waals surface area contributed by atoms with E-state index in [2.05, 4.69) is 21.2 Å². The molecule has 1 aromatic heterocycles. The Morgan fingerprint density at radius 2 is 1.82 bits per heavy atom. The van der Waals surface area contributed by atoms with Crippen LogP contribution in [-0.2, 0) is 22.4 Å². The first-order valence-corrected chi connectivity index (χ1v) is 12.2. The molecular formula is C24H21BrN2O5S. The fraction of sp³-hybridized carbons (Fsp3) is 0.250. The van der Waals surface area contributed by atoms with Crippen molar-refractivity contribution >= 4 is 50.5 Å². The van der Waals surface area contributed by atoms with Crippen molar-refractivity contribution in [3.8, 4) is 0 Å². The second kappa shape index (κ2) is 10.3. The Hall–Kier alpha value is -3.04. The molecule has 7 nitrogen and oxygen atoms in total. The Morgan fingerprint density at radius 1 is 1.06 bits per heavy atom. The zero-order chi connectivity index (χ0) is 23.4. The topological polar surface area (TPSA) is 98.5 Å². The van der Waals surface area contributed by atoms with E-state index >= 15 is 0 Å². The number of esters is 1. The van der Waals surface area contributed by atoms with Crippen molar-refractivity contribution in [2.45, 2.75) is 38.2 Å². The van der Waals surface area contributed by atoms with Gasteiger partial charge in [-0.15, -0.1) is 11.3 Å². The molecule has 1 aliphatic carbocycles. The molecule has 0 aliphatic heterocycles. The van der Waals surface area contributed by atoms with Gasteiger partial charge in [0.25, 0.3) is 11.6 Å². The quantitative estimate of drug-likeness (QED) is 0.177. The van der Waals surface area contributed by atoms with Gasteiger partial charge in [-0.05, 0) is 59.3 Å². The fourth-order valence-electron chi connectivity index (χ4n) is 3.75. The molecule has 0 saturated carbocycles. The van der Waals surface area contributed by atoms with Crippen LogP contribution >= 0.6 is 27.3 Å². The lowest BCUT2D eigenvalue weighted by Crippen LogP contribution is -2.26. The molecule has 2 aromatic carbocycles. The lowest BCUT2D eigenvalue weighted by atomic mass is 10.1. The minimum atomic E-state index is -1.18. The highest BCUT2D eigenvalue weighted by Gasteiger charge is 2.28. The highest BCUT2D eigenvalue weighted by atomic mass is 79.9. The second-order valence-electron chi connectivity index (χ2n) is 7.73. The summed E-state index contributed by atoms with van der Waals surface area (Å²) in [6.07, 6.45) is 4.15. The van der Waals surface area contributed by atoms with Crippen LogP contribution in [0.4, 0.5) is 11.4 Å². The van der Waals surface area contributed by atoms with E-state index in [9.17, 15) is 19.7 Å². The minimum Gasteiger partial charge on any atom is -0.443 e. The molecule has 9 heteroatoms. The number of anilines is 1. The molecule has 0 spiro atoms. The molecule has 3 aromatic rings. The number of amides is 1. The molecule has 1 heterocycles. The molecule has 0 saturated heterocycles. The van der Waals surface area contributed by atoms with Crippen molar-refractivity contribution in [3.63, 3.8) is 0 Å². The lowest BCUT2D eigenvalue weighted by Gasteiger charge is -2.18. The van der Waals surface area contributed by atoms with Crippen molar-refractivity contribution in [2.75, 3.05) is 5.32 Å². The standard InChI is InChI=1S/C24H21BrN2O5S/c25-18-14-17(27(30)31)11-12-19(18)26-23(28)22(15-7-3-1-4-8-15)32-24(29)21-13-16-9-5-2-6-10-20(16)33-21/h1,3-4,7-8,11-14,22H,2,5-6,9-10H2,(H,26,28). The number of nitro benzene ring substituents is 1. The Morgan fingerprint density at radius 3 is 2.55 bits per heavy atom. The first kappa shape index (κ1) is 23.1. The summed E-state index contributed by atoms with van der Waals surface area (Å²) in [4.78, 5) is 38.3. The molecule has 0 radical (unpaired) electrons. The highest BCUT2D eigenvalue weighted by Crippen LogP contribution is 2.32. The first-order chi connectivity index (χ1) is 15.9. The van der Waals surface area contributed by atoms with Crippen LogP contribution in [0, 0.1) is 10.1 Å². The summed E-state index contributed by atoms with van der Waals surface area (Å²) in [6, 6.07) is 14.7. The molecule has 170 valence electrons. The van der Waals surface area contributed by atoms with Crippen LogP contribution in [0.15, 0.2) is 59.1 Å². The Kier molecular flexibility index (Phi) is 7.20. The number of hydrogen-bond acceptors (Lipinski definition) is 6. The summed E-state index contributed by atoms with van der Waals surface area (Å²) in [5.41, 5.74) is 1.95. The zero-order valence-electron chi connectivity index (χ0n) is 17.6. The molecule has 1 atom stereocenters. The molecule has 1 N–H and O–H groups in total. The van der Waals surface area contributed by atoms with E-state index in [1.165, 1.54) is 46.4 Å². The Labute approximate surface area is 203 Å². The van der Waals surface area contributed by atoms with E-state index in [1.54, 1.807) is 24.3 Å². The smallest absolute Gasteiger partial charge is 0.349 e. The number of carbonyl (C=O) groups is 2. The maximum atomic E-state index is 13.2. The van der Waals surface area contributed by atoms with Gasteiger partial charge in [-0.2, -0.15) is 0 Å². The van der Waals surface area contributed by atoms with Crippen LogP contribution < -0.4 is 5.32 Å². The number of nitrogens with one attached hydrogen (secondary N) is 1. The predicted molar refractivity (Wildman–Crippen MR) is 130 cm³/mol. The number of non-ortho nitro benzene ring substituents is 1. The molecule has 4 rings (SSSR count). The van der Waals surface area contributed by atoms with E-state index in [-0.39, 0.29) is 5.69 Å². The van der Waals surface area contributed by atoms with E-state index < -0.39 is 22.9 Å². The number of carbonyl (C=O) groups excluding carboxylic acids is 2. The van der Waals surface area contributed by atoms with Crippen molar-refractivity contribution < 1.29 is 19.2 Å². The largest absolute Gasteiger partial charge is 0.443 e. The van der Waals surface area contributed by atoms with Gasteiger partial charge in [0.1, 0.15) is 4.88 Å². The van der Waals surface area contributed by atoms with Gasteiger partial charge in [-0.1, -0.05) is 36.8 Å². The summed E-state index contributed by atoms with van der Waals surface area (Å²) in [5.74, 6) is -1.10. The summed E-state index contributed by atoms with van der Waals surface area (Å²) in [5, 5.41) is 13.7. The molecule has 1 amide bonds. The predicted octanol–water partition coefficient (Wildman–Crippen LogP) is 6.22. The molecular weight excluding hydrogens is 508 g/mol. The van der Waals surface area contributed by atoms with E-state index in [0.29, 0.717) is 20.6 Å². The van der Waals surface area contributed by atoms with Crippen molar-refractivity contribution in [1.82, 2.24) is 0 Å². The van der Waals surface area contributed by atoms with E-state index in [0.717, 1.165) is 25.7 Å². The number of fused-ring (bicyclic) bond motifs is 1. The molecule has 0 bridgehead atoms. The van der Waals surface area contributed by atoms with E-state index in [4.69, 9.17) is 4.74 Å². The summed E-state index contributed by atoms with van der Waals surface area (Å²) in [6.45, 7) is 0. The molecule has 1 aliphatic rings. The number of hydrogen-bond donors (Lipinski definition) is 1. The molecule has 1 unspecified atom stereocenters. The van der Waals surface area contributed by atoms with Crippen LogP contribution in [0.3, 0.4) is 0 Å². The fourth-order valence-corrected chi connectivity index (χ4v) is 5.35. The van der Waals surface area contributed by atoms with Crippen LogP contribution in [0.2, 0.25) is 0 Å². The summed E-state index contributed by atoms with van der Waals surface area (Å²) < 4.78 is 6.06. The van der Waals surface area contributed by atoms with Crippen molar-refractivity contribution in [3.05, 3.63) is 90.1 Å². The van der Waals surface area contributed by atoms with Crippen molar-refractivity contribution in [2.24, 2.45) is 0 Å². The zero-order valence-corrected chi connectivity index (χ0v) is 20.0. The maximum absolute atomic E-state index is 13.2. The molecule has 0 fully saturated rings. The lowest BCUT2D eigenvalue weighted by molar-refractivity contribution is -0.384. The van der Waals surface area contributed by atoms with Gasteiger partial charge in [0.05, 0.1) is 10.6 Å². The van der Waals surface area contributed by atoms with Gasteiger partial charge in [0.15, 0.2) is 0 Å². The number of benzene rings is 2. The monoisotopic (exact) mass is 528 g/mol. The Bertz CT molecular complexity index is 1170. The van der Waals surface area contributed by atoms with Crippen LogP contribution in [0.1, 0.15) is 51.0 Å². The van der Waals surface area contributed by atoms with Gasteiger partial charge in [0, 0.05) is 27.0 Å². The Balaban J connectivity index is 1.56. The number of ether oxygens (including phenoxy) is 1. The van der Waals surface area contributed by atoms with Gasteiger partial charge in [-0.25, -0.2) is 4.79 Å². The normalized spacial score (nSPS) is 14.0. The average molecular weight is 529 g/mol. The number of halogens is 1. The van der Waals surface area contributed by atoms with Crippen LogP contribution in [0.5, 0.6) is 0 Å². The number of nitrogens with zero attached hydrogens (tertiary/aromatic N) is 1. The van der Waals surface area contributed by atoms with Gasteiger partial charge >= 0.3 is 5.97 Å². The van der Waals surface area contributed by atoms with Crippen LogP contribution in [0.25, 0.3) is 0 Å². The average Bonchev–Trinajstić information content (AvgIpc) is 3.09. The number of thiophene rings is 1. The third-order valence-electron chi connectivity index (χ3n) is 5.43. The van der Waals surface area contributed by atoms with Crippen LogP contribution in [-0.4, -0.2) is 16.8 Å². The maximum Gasteiger partial charge on any atom is 0.349 e.